The van der Waals surface area contributed by atoms with Gasteiger partial charge in [0.2, 0.25) is 0 Å². The number of likely N-dealkylation sites (tertiary alicyclic amines) is 1. The molecule has 0 bridgehead atoms. The molecule has 1 unspecified atom stereocenters. The third kappa shape index (κ3) is 4.79. The second-order valence-corrected chi connectivity index (χ2v) is 8.77. The van der Waals surface area contributed by atoms with Crippen LogP contribution in [0.1, 0.15) is 34.3 Å². The summed E-state index contributed by atoms with van der Waals surface area (Å²) in [7, 11) is 0. The topological polar surface area (TPSA) is 46.1 Å². The number of ketones is 1. The van der Waals surface area contributed by atoms with E-state index < -0.39 is 0 Å². The van der Waals surface area contributed by atoms with E-state index in [2.05, 4.69) is 33.9 Å². The maximum absolute atomic E-state index is 13.1. The first-order chi connectivity index (χ1) is 14.6. The monoisotopic (exact) mass is 417 g/mol. The number of carbonyl (C=O) groups excluding carboxylic acids is 1. The van der Waals surface area contributed by atoms with Gasteiger partial charge in [-0.15, -0.1) is 11.8 Å². The highest BCUT2D eigenvalue weighted by Gasteiger charge is 2.27. The number of piperidine rings is 1. The molecule has 1 atom stereocenters. The number of carbonyl (C=O) groups is 1. The van der Waals surface area contributed by atoms with Crippen LogP contribution in [-0.2, 0) is 6.54 Å². The Kier molecular flexibility index (Phi) is 6.60. The van der Waals surface area contributed by atoms with Crippen LogP contribution in [0.4, 0.5) is 0 Å². The largest absolute Gasteiger partial charge is 0.298 e. The average Bonchev–Trinajstić information content (AvgIpc) is 2.79. The molecule has 3 aromatic rings. The predicted octanol–water partition coefficient (Wildman–Crippen LogP) is 5.27. The summed E-state index contributed by atoms with van der Waals surface area (Å²) in [4.78, 5) is 25.7. The van der Waals surface area contributed by atoms with Crippen molar-refractivity contribution in [2.75, 3.05) is 19.3 Å². The zero-order chi connectivity index (χ0) is 20.9. The Balaban J connectivity index is 1.42. The van der Waals surface area contributed by atoms with Crippen molar-refractivity contribution in [1.82, 2.24) is 14.9 Å². The van der Waals surface area contributed by atoms with Gasteiger partial charge in [0.1, 0.15) is 0 Å². The fourth-order valence-corrected chi connectivity index (χ4v) is 4.71. The predicted molar refractivity (Wildman–Crippen MR) is 123 cm³/mol. The van der Waals surface area contributed by atoms with E-state index in [4.69, 9.17) is 0 Å². The van der Waals surface area contributed by atoms with E-state index >= 15 is 0 Å². The van der Waals surface area contributed by atoms with Crippen LogP contribution >= 0.6 is 11.8 Å². The first-order valence-corrected chi connectivity index (χ1v) is 11.6. The zero-order valence-electron chi connectivity index (χ0n) is 17.5. The van der Waals surface area contributed by atoms with Gasteiger partial charge in [0.25, 0.3) is 0 Å². The fraction of sp³-hybridized carbons (Fsp3) is 0.320. The van der Waals surface area contributed by atoms with Gasteiger partial charge in [-0.2, -0.15) is 0 Å². The molecule has 2 aromatic carbocycles. The van der Waals surface area contributed by atoms with Crippen LogP contribution in [0.25, 0.3) is 11.4 Å². The standard InChI is InChI=1S/C25H27N3OS/c1-18-7-5-8-20(13-18)25-26-14-19(15-27-25)16-28-12-6-9-21(17-28)24(29)22-10-3-4-11-23(22)30-2/h3-5,7-8,10-11,13-15,21H,6,9,12,16-17H2,1-2H3. The van der Waals surface area contributed by atoms with Crippen molar-refractivity contribution in [3.8, 4) is 11.4 Å². The molecule has 4 nitrogen and oxygen atoms in total. The Bertz CT molecular complexity index is 1020. The third-order valence-electron chi connectivity index (χ3n) is 5.64. The minimum atomic E-state index is 0.0551. The summed E-state index contributed by atoms with van der Waals surface area (Å²) >= 11 is 1.64. The van der Waals surface area contributed by atoms with Gasteiger partial charge in [0.05, 0.1) is 0 Å². The van der Waals surface area contributed by atoms with Crippen molar-refractivity contribution in [3.63, 3.8) is 0 Å². The molecule has 0 saturated carbocycles. The number of Topliss-reactive ketones (excluding diaryl/α,β-unsaturated/α-hetero) is 1. The Morgan fingerprint density at radius 2 is 1.93 bits per heavy atom. The molecule has 1 aliphatic rings. The van der Waals surface area contributed by atoms with Crippen molar-refractivity contribution < 1.29 is 4.79 Å². The van der Waals surface area contributed by atoms with E-state index in [-0.39, 0.29) is 11.7 Å². The molecule has 0 N–H and O–H groups in total. The molecule has 1 aromatic heterocycles. The summed E-state index contributed by atoms with van der Waals surface area (Å²) in [5.74, 6) is 1.08. The van der Waals surface area contributed by atoms with Crippen molar-refractivity contribution in [3.05, 3.63) is 77.6 Å². The highest BCUT2D eigenvalue weighted by atomic mass is 32.2. The van der Waals surface area contributed by atoms with Crippen LogP contribution in [0.5, 0.6) is 0 Å². The Labute approximate surface area is 182 Å². The van der Waals surface area contributed by atoms with Crippen molar-refractivity contribution in [2.45, 2.75) is 31.2 Å². The highest BCUT2D eigenvalue weighted by molar-refractivity contribution is 7.98. The Morgan fingerprint density at radius 3 is 2.70 bits per heavy atom. The first-order valence-electron chi connectivity index (χ1n) is 10.4. The molecule has 5 heteroatoms. The van der Waals surface area contributed by atoms with Gasteiger partial charge in [-0.25, -0.2) is 9.97 Å². The van der Waals surface area contributed by atoms with E-state index in [0.717, 1.165) is 59.9 Å². The molecule has 4 rings (SSSR count). The van der Waals surface area contributed by atoms with Crippen molar-refractivity contribution in [2.24, 2.45) is 5.92 Å². The van der Waals surface area contributed by atoms with E-state index in [1.54, 1.807) is 11.8 Å². The molecule has 0 spiro atoms. The van der Waals surface area contributed by atoms with Gasteiger partial charge in [-0.05, 0) is 44.7 Å². The summed E-state index contributed by atoms with van der Waals surface area (Å²) in [5.41, 5.74) is 4.19. The van der Waals surface area contributed by atoms with Crippen LogP contribution < -0.4 is 0 Å². The van der Waals surface area contributed by atoms with Crippen LogP contribution in [0, 0.1) is 12.8 Å². The van der Waals surface area contributed by atoms with Crippen LogP contribution in [0.15, 0.2) is 65.8 Å². The highest BCUT2D eigenvalue weighted by Crippen LogP contribution is 2.27. The van der Waals surface area contributed by atoms with E-state index in [0.29, 0.717) is 0 Å². The molecule has 1 saturated heterocycles. The number of aromatic nitrogens is 2. The van der Waals surface area contributed by atoms with Crippen molar-refractivity contribution >= 4 is 17.5 Å². The lowest BCUT2D eigenvalue weighted by molar-refractivity contribution is 0.0808. The van der Waals surface area contributed by atoms with Gasteiger partial charge in [-0.1, -0.05) is 42.0 Å². The Morgan fingerprint density at radius 1 is 1.13 bits per heavy atom. The van der Waals surface area contributed by atoms with E-state index in [9.17, 15) is 4.79 Å². The average molecular weight is 418 g/mol. The molecule has 30 heavy (non-hydrogen) atoms. The number of thioether (sulfide) groups is 1. The van der Waals surface area contributed by atoms with Gasteiger partial charge in [-0.3, -0.25) is 9.69 Å². The summed E-state index contributed by atoms with van der Waals surface area (Å²) in [6, 6.07) is 16.2. The molecular formula is C25H27N3OS. The number of benzene rings is 2. The number of hydrogen-bond donors (Lipinski definition) is 0. The maximum Gasteiger partial charge on any atom is 0.168 e. The second-order valence-electron chi connectivity index (χ2n) is 7.92. The minimum absolute atomic E-state index is 0.0551. The Hall–Kier alpha value is -2.50. The number of aryl methyl sites for hydroxylation is 1. The normalized spacial score (nSPS) is 17.1. The van der Waals surface area contributed by atoms with Gasteiger partial charge in [0, 0.05) is 53.0 Å². The number of nitrogens with zero attached hydrogens (tertiary/aromatic N) is 3. The summed E-state index contributed by atoms with van der Waals surface area (Å²) in [6.07, 6.45) is 7.86. The van der Waals surface area contributed by atoms with Gasteiger partial charge in [0.15, 0.2) is 11.6 Å². The quantitative estimate of drug-likeness (QED) is 0.404. The zero-order valence-corrected chi connectivity index (χ0v) is 18.4. The van der Waals surface area contributed by atoms with Gasteiger partial charge >= 0.3 is 0 Å². The molecule has 0 radical (unpaired) electrons. The lowest BCUT2D eigenvalue weighted by Crippen LogP contribution is -2.38. The molecule has 0 amide bonds. The third-order valence-corrected chi connectivity index (χ3v) is 6.43. The lowest BCUT2D eigenvalue weighted by Gasteiger charge is -2.32. The number of hydrogen-bond acceptors (Lipinski definition) is 5. The molecule has 0 aliphatic carbocycles. The number of rotatable bonds is 6. The van der Waals surface area contributed by atoms with E-state index in [1.807, 2.05) is 55.0 Å². The smallest absolute Gasteiger partial charge is 0.168 e. The van der Waals surface area contributed by atoms with E-state index in [1.165, 1.54) is 5.56 Å². The maximum atomic E-state index is 13.1. The van der Waals surface area contributed by atoms with Crippen molar-refractivity contribution in [1.29, 1.82) is 0 Å². The summed E-state index contributed by atoms with van der Waals surface area (Å²) < 4.78 is 0. The fourth-order valence-electron chi connectivity index (χ4n) is 4.11. The van der Waals surface area contributed by atoms with Crippen LogP contribution in [0.3, 0.4) is 0 Å². The second kappa shape index (κ2) is 9.54. The first kappa shape index (κ1) is 20.8. The minimum Gasteiger partial charge on any atom is -0.298 e. The van der Waals surface area contributed by atoms with Crippen LogP contribution in [-0.4, -0.2) is 40.0 Å². The molecular weight excluding hydrogens is 390 g/mol. The van der Waals surface area contributed by atoms with Gasteiger partial charge < -0.3 is 0 Å². The molecule has 1 fully saturated rings. The summed E-state index contributed by atoms with van der Waals surface area (Å²) in [5, 5.41) is 0. The molecule has 1 aliphatic heterocycles. The van der Waals surface area contributed by atoms with Crippen LogP contribution in [0.2, 0.25) is 0 Å². The lowest BCUT2D eigenvalue weighted by atomic mass is 9.90. The molecule has 2 heterocycles. The SMILES string of the molecule is CSc1ccccc1C(=O)C1CCCN(Cc2cnc(-c3cccc(C)c3)nc2)C1. The molecule has 154 valence electrons. The summed E-state index contributed by atoms with van der Waals surface area (Å²) in [6.45, 7) is 4.65.